The monoisotopic (exact) mass is 338 g/mol. The van der Waals surface area contributed by atoms with Gasteiger partial charge in [-0.3, -0.25) is 0 Å². The fraction of sp³-hybridized carbons (Fsp3) is 0.471. The Balaban J connectivity index is 0.00000192. The van der Waals surface area contributed by atoms with Gasteiger partial charge in [0.1, 0.15) is 19.0 Å². The van der Waals surface area contributed by atoms with Crippen molar-refractivity contribution in [2.45, 2.75) is 31.9 Å². The second-order valence-electron chi connectivity index (χ2n) is 5.65. The molecule has 1 heterocycles. The van der Waals surface area contributed by atoms with E-state index in [0.29, 0.717) is 24.9 Å². The Morgan fingerprint density at radius 2 is 2.00 bits per heavy atom. The van der Waals surface area contributed by atoms with E-state index in [9.17, 15) is 0 Å². The summed E-state index contributed by atoms with van der Waals surface area (Å²) >= 11 is 0. The molecule has 0 atom stereocenters. The van der Waals surface area contributed by atoms with Gasteiger partial charge >= 0.3 is 0 Å². The van der Waals surface area contributed by atoms with Crippen LogP contribution in [0.2, 0.25) is 0 Å². The Hall–Kier alpha value is -1.72. The van der Waals surface area contributed by atoms with Crippen LogP contribution in [0.5, 0.6) is 11.6 Å². The number of likely N-dealkylation sites (N-methyl/N-ethyl adjacent to an activating group) is 1. The van der Waals surface area contributed by atoms with E-state index in [4.69, 9.17) is 14.0 Å². The molecule has 5 nitrogen and oxygen atoms in total. The van der Waals surface area contributed by atoms with Crippen LogP contribution in [0.3, 0.4) is 0 Å². The van der Waals surface area contributed by atoms with Gasteiger partial charge in [0.25, 0.3) is 5.88 Å². The number of aromatic nitrogens is 1. The normalized spacial score (nSPS) is 14.2. The second kappa shape index (κ2) is 8.79. The average Bonchev–Trinajstić information content (AvgIpc) is 2.92. The van der Waals surface area contributed by atoms with E-state index in [1.54, 1.807) is 6.07 Å². The van der Waals surface area contributed by atoms with Crippen LogP contribution in [-0.2, 0) is 6.61 Å². The van der Waals surface area contributed by atoms with Gasteiger partial charge in [0.2, 0.25) is 0 Å². The molecular formula is C17H23ClN2O3. The van der Waals surface area contributed by atoms with E-state index in [1.165, 1.54) is 19.3 Å². The molecule has 0 amide bonds. The van der Waals surface area contributed by atoms with Gasteiger partial charge in [0, 0.05) is 18.7 Å². The summed E-state index contributed by atoms with van der Waals surface area (Å²) in [6, 6.07) is 12.1. The van der Waals surface area contributed by atoms with Crippen LogP contribution in [0.4, 0.5) is 0 Å². The molecule has 126 valence electrons. The van der Waals surface area contributed by atoms with Crippen LogP contribution in [0.1, 0.15) is 25.0 Å². The number of ether oxygens (including phenoxy) is 2. The highest BCUT2D eigenvalue weighted by molar-refractivity contribution is 5.85. The minimum atomic E-state index is 0. The average molecular weight is 339 g/mol. The molecule has 3 rings (SSSR count). The second-order valence-corrected chi connectivity index (χ2v) is 5.65. The molecule has 0 unspecified atom stereocenters. The van der Waals surface area contributed by atoms with Crippen molar-refractivity contribution < 1.29 is 14.0 Å². The Kier molecular flexibility index (Phi) is 6.74. The summed E-state index contributed by atoms with van der Waals surface area (Å²) in [4.78, 5) is 2.35. The summed E-state index contributed by atoms with van der Waals surface area (Å²) in [5.41, 5.74) is 0. The fourth-order valence-electron chi connectivity index (χ4n) is 2.41. The lowest BCUT2D eigenvalue weighted by Crippen LogP contribution is -2.39. The van der Waals surface area contributed by atoms with Crippen molar-refractivity contribution in [3.8, 4) is 11.6 Å². The summed E-state index contributed by atoms with van der Waals surface area (Å²) in [7, 11) is 2.15. The van der Waals surface area contributed by atoms with Crippen molar-refractivity contribution >= 4 is 12.4 Å². The van der Waals surface area contributed by atoms with E-state index in [0.717, 1.165) is 18.3 Å². The Labute approximate surface area is 143 Å². The first-order chi connectivity index (χ1) is 10.8. The van der Waals surface area contributed by atoms with Crippen molar-refractivity contribution in [3.63, 3.8) is 0 Å². The lowest BCUT2D eigenvalue weighted by Gasteiger charge is -2.34. The van der Waals surface area contributed by atoms with E-state index in [2.05, 4.69) is 17.1 Å². The van der Waals surface area contributed by atoms with E-state index in [-0.39, 0.29) is 12.4 Å². The molecule has 0 N–H and O–H groups in total. The van der Waals surface area contributed by atoms with Crippen molar-refractivity contribution in [3.05, 3.63) is 42.2 Å². The lowest BCUT2D eigenvalue weighted by molar-refractivity contribution is 0.132. The van der Waals surface area contributed by atoms with Crippen LogP contribution in [-0.4, -0.2) is 36.3 Å². The fourth-order valence-corrected chi connectivity index (χ4v) is 2.41. The molecule has 6 heteroatoms. The molecule has 2 aromatic rings. The SMILES string of the molecule is CN(CCOc1cc(COc2ccccc2)on1)C1CCC1.Cl. The van der Waals surface area contributed by atoms with E-state index < -0.39 is 0 Å². The van der Waals surface area contributed by atoms with Crippen LogP contribution in [0, 0.1) is 0 Å². The van der Waals surface area contributed by atoms with Gasteiger partial charge in [0.05, 0.1) is 0 Å². The quantitative estimate of drug-likeness (QED) is 0.736. The standard InChI is InChI=1S/C17H22N2O3.ClH/c1-19(14-6-5-7-14)10-11-20-17-12-16(22-18-17)13-21-15-8-3-2-4-9-15;/h2-4,8-9,12,14H,5-7,10-11,13H2,1H3;1H. The summed E-state index contributed by atoms with van der Waals surface area (Å²) in [5, 5.41) is 3.91. The maximum atomic E-state index is 5.63. The molecule has 0 saturated heterocycles. The number of nitrogens with zero attached hydrogens (tertiary/aromatic N) is 2. The highest BCUT2D eigenvalue weighted by atomic mass is 35.5. The molecular weight excluding hydrogens is 316 g/mol. The van der Waals surface area contributed by atoms with Crippen molar-refractivity contribution in [2.24, 2.45) is 0 Å². The van der Waals surface area contributed by atoms with Crippen molar-refractivity contribution in [1.82, 2.24) is 10.1 Å². The molecule has 0 radical (unpaired) electrons. The van der Waals surface area contributed by atoms with Crippen molar-refractivity contribution in [2.75, 3.05) is 20.2 Å². The highest BCUT2D eigenvalue weighted by Gasteiger charge is 2.21. The summed E-state index contributed by atoms with van der Waals surface area (Å²) < 4.78 is 16.4. The molecule has 1 aromatic carbocycles. The molecule has 1 aliphatic rings. The summed E-state index contributed by atoms with van der Waals surface area (Å²) in [6.45, 7) is 1.88. The molecule has 1 aromatic heterocycles. The minimum Gasteiger partial charge on any atom is -0.486 e. The van der Waals surface area contributed by atoms with Crippen LogP contribution < -0.4 is 9.47 Å². The Bertz CT molecular complexity index is 572. The highest BCUT2D eigenvalue weighted by Crippen LogP contribution is 2.23. The van der Waals surface area contributed by atoms with Gasteiger partial charge in [-0.2, -0.15) is 0 Å². The summed E-state index contributed by atoms with van der Waals surface area (Å²) in [5.74, 6) is 1.99. The zero-order valence-corrected chi connectivity index (χ0v) is 14.1. The molecule has 1 fully saturated rings. The number of para-hydroxylation sites is 1. The number of hydrogen-bond acceptors (Lipinski definition) is 5. The first-order valence-corrected chi connectivity index (χ1v) is 7.78. The number of hydrogen-bond donors (Lipinski definition) is 0. The first kappa shape index (κ1) is 17.6. The maximum absolute atomic E-state index is 5.63. The predicted octanol–water partition coefficient (Wildman–Crippen LogP) is 3.54. The minimum absolute atomic E-state index is 0. The van der Waals surface area contributed by atoms with Gasteiger partial charge in [-0.25, -0.2) is 0 Å². The summed E-state index contributed by atoms with van der Waals surface area (Å²) in [6.07, 6.45) is 3.97. The zero-order valence-electron chi connectivity index (χ0n) is 13.3. The maximum Gasteiger partial charge on any atom is 0.254 e. The first-order valence-electron chi connectivity index (χ1n) is 7.78. The van der Waals surface area contributed by atoms with Gasteiger partial charge in [-0.1, -0.05) is 24.6 Å². The predicted molar refractivity (Wildman–Crippen MR) is 90.3 cm³/mol. The smallest absolute Gasteiger partial charge is 0.254 e. The molecule has 1 saturated carbocycles. The molecule has 0 bridgehead atoms. The lowest BCUT2D eigenvalue weighted by atomic mass is 9.92. The largest absolute Gasteiger partial charge is 0.486 e. The van der Waals surface area contributed by atoms with E-state index >= 15 is 0 Å². The third-order valence-corrected chi connectivity index (χ3v) is 4.05. The Morgan fingerprint density at radius 3 is 2.70 bits per heavy atom. The molecule has 0 aliphatic heterocycles. The Morgan fingerprint density at radius 1 is 1.22 bits per heavy atom. The van der Waals surface area contributed by atoms with Crippen molar-refractivity contribution in [1.29, 1.82) is 0 Å². The third-order valence-electron chi connectivity index (χ3n) is 4.05. The zero-order chi connectivity index (χ0) is 15.2. The van der Waals surface area contributed by atoms with Crippen LogP contribution in [0.15, 0.2) is 40.9 Å². The molecule has 0 spiro atoms. The van der Waals surface area contributed by atoms with Crippen LogP contribution in [0.25, 0.3) is 0 Å². The van der Waals surface area contributed by atoms with Crippen LogP contribution >= 0.6 is 12.4 Å². The van der Waals surface area contributed by atoms with E-state index in [1.807, 2.05) is 30.3 Å². The van der Waals surface area contributed by atoms with Gasteiger partial charge in [-0.15, -0.1) is 12.4 Å². The van der Waals surface area contributed by atoms with Gasteiger partial charge in [0.15, 0.2) is 5.76 Å². The molecule has 23 heavy (non-hydrogen) atoms. The third kappa shape index (κ3) is 5.15. The van der Waals surface area contributed by atoms with Gasteiger partial charge in [-0.05, 0) is 37.2 Å². The van der Waals surface area contributed by atoms with Gasteiger partial charge < -0.3 is 18.9 Å². The topological polar surface area (TPSA) is 47.7 Å². The number of rotatable bonds is 8. The number of benzene rings is 1. The number of halogens is 1. The molecule has 1 aliphatic carbocycles.